The van der Waals surface area contributed by atoms with E-state index >= 15 is 0 Å². The predicted octanol–water partition coefficient (Wildman–Crippen LogP) is 4.71. The van der Waals surface area contributed by atoms with Gasteiger partial charge >= 0.3 is 0 Å². The van der Waals surface area contributed by atoms with E-state index in [9.17, 15) is 0 Å². The van der Waals surface area contributed by atoms with E-state index in [1.54, 1.807) is 12.1 Å². The number of hydrogen-bond acceptors (Lipinski definition) is 1. The van der Waals surface area contributed by atoms with Crippen molar-refractivity contribution in [3.05, 3.63) is 38.4 Å². The maximum Gasteiger partial charge on any atom is 0.108 e. The molecule has 5 heteroatoms. The molecule has 16 heavy (non-hydrogen) atoms. The molecule has 0 unspecified atom stereocenters. The normalized spacial score (nSPS) is 10.8. The highest BCUT2D eigenvalue weighted by Crippen LogP contribution is 2.34. The first-order chi connectivity index (χ1) is 7.63. The molecule has 0 aliphatic heterocycles. The van der Waals surface area contributed by atoms with E-state index < -0.39 is 0 Å². The van der Waals surface area contributed by atoms with Crippen LogP contribution in [0.5, 0.6) is 0 Å². The summed E-state index contributed by atoms with van der Waals surface area (Å²) in [6, 6.07) is 5.38. The standard InChI is InChI=1S/C11H9BrCl2N2/c1-2-9-10(12)11(16-15-9)7-4-3-6(13)5-8(7)14/h3-5H,2H2,1H3,(H,15,16). The van der Waals surface area contributed by atoms with Crippen LogP contribution in [-0.4, -0.2) is 10.2 Å². The molecule has 0 fully saturated rings. The van der Waals surface area contributed by atoms with Crippen LogP contribution in [-0.2, 0) is 6.42 Å². The fourth-order valence-electron chi connectivity index (χ4n) is 1.46. The molecule has 0 aliphatic rings. The van der Waals surface area contributed by atoms with E-state index in [2.05, 4.69) is 33.1 Å². The Morgan fingerprint density at radius 3 is 2.69 bits per heavy atom. The minimum Gasteiger partial charge on any atom is -0.281 e. The molecule has 1 heterocycles. The van der Waals surface area contributed by atoms with Gasteiger partial charge in [-0.05, 0) is 40.5 Å². The highest BCUT2D eigenvalue weighted by Gasteiger charge is 2.13. The van der Waals surface area contributed by atoms with Crippen LogP contribution in [0.4, 0.5) is 0 Å². The Morgan fingerprint density at radius 1 is 1.38 bits per heavy atom. The second-order valence-corrected chi connectivity index (χ2v) is 4.98. The molecule has 1 aromatic heterocycles. The van der Waals surface area contributed by atoms with Gasteiger partial charge in [-0.25, -0.2) is 0 Å². The van der Waals surface area contributed by atoms with Gasteiger partial charge in [0.15, 0.2) is 0 Å². The van der Waals surface area contributed by atoms with Crippen molar-refractivity contribution in [3.8, 4) is 11.3 Å². The monoisotopic (exact) mass is 318 g/mol. The lowest BCUT2D eigenvalue weighted by Crippen LogP contribution is -1.81. The number of hydrogen-bond donors (Lipinski definition) is 1. The molecule has 84 valence electrons. The summed E-state index contributed by atoms with van der Waals surface area (Å²) in [5.41, 5.74) is 2.74. The summed E-state index contributed by atoms with van der Waals surface area (Å²) in [7, 11) is 0. The van der Waals surface area contributed by atoms with Gasteiger partial charge in [0, 0.05) is 16.3 Å². The number of nitrogens with one attached hydrogen (secondary N) is 1. The van der Waals surface area contributed by atoms with Crippen LogP contribution in [0.3, 0.4) is 0 Å². The van der Waals surface area contributed by atoms with Crippen LogP contribution in [0, 0.1) is 0 Å². The van der Waals surface area contributed by atoms with E-state index in [-0.39, 0.29) is 0 Å². The summed E-state index contributed by atoms with van der Waals surface area (Å²) in [6.07, 6.45) is 0.888. The van der Waals surface area contributed by atoms with Gasteiger partial charge in [0.2, 0.25) is 0 Å². The van der Waals surface area contributed by atoms with Crippen molar-refractivity contribution in [1.82, 2.24) is 10.2 Å². The van der Waals surface area contributed by atoms with E-state index in [1.807, 2.05) is 6.07 Å². The van der Waals surface area contributed by atoms with Gasteiger partial charge in [-0.3, -0.25) is 5.10 Å². The zero-order valence-electron chi connectivity index (χ0n) is 8.52. The van der Waals surface area contributed by atoms with Gasteiger partial charge in [0.1, 0.15) is 5.69 Å². The SMILES string of the molecule is CCc1[nH]nc(-c2ccc(Cl)cc2Cl)c1Br. The molecule has 2 nitrogen and oxygen atoms in total. The van der Waals surface area contributed by atoms with Gasteiger partial charge in [-0.15, -0.1) is 0 Å². The summed E-state index contributed by atoms with van der Waals surface area (Å²) in [6.45, 7) is 2.06. The molecule has 0 saturated heterocycles. The molecule has 0 spiro atoms. The molecule has 0 amide bonds. The number of H-pyrrole nitrogens is 1. The van der Waals surface area contributed by atoms with Crippen LogP contribution in [0.15, 0.2) is 22.7 Å². The minimum absolute atomic E-state index is 0.599. The molecule has 1 aromatic carbocycles. The maximum atomic E-state index is 6.13. The molecule has 0 aliphatic carbocycles. The minimum atomic E-state index is 0.599. The Kier molecular flexibility index (Phi) is 3.57. The van der Waals surface area contributed by atoms with Gasteiger partial charge in [0.25, 0.3) is 0 Å². The van der Waals surface area contributed by atoms with Gasteiger partial charge in [0.05, 0.1) is 9.50 Å². The first-order valence-corrected chi connectivity index (χ1v) is 6.36. The molecule has 1 N–H and O–H groups in total. The van der Waals surface area contributed by atoms with Crippen LogP contribution in [0.25, 0.3) is 11.3 Å². The second-order valence-electron chi connectivity index (χ2n) is 3.34. The summed E-state index contributed by atoms with van der Waals surface area (Å²) in [4.78, 5) is 0. The Bertz CT molecular complexity index is 523. The third-order valence-electron chi connectivity index (χ3n) is 2.32. The first-order valence-electron chi connectivity index (χ1n) is 4.81. The number of halogens is 3. The Hall–Kier alpha value is -0.510. The van der Waals surface area contributed by atoms with Crippen molar-refractivity contribution in [1.29, 1.82) is 0 Å². The molecule has 0 bridgehead atoms. The highest BCUT2D eigenvalue weighted by atomic mass is 79.9. The smallest absolute Gasteiger partial charge is 0.108 e. The van der Waals surface area contributed by atoms with E-state index in [0.29, 0.717) is 10.0 Å². The molecule has 2 rings (SSSR count). The number of aromatic nitrogens is 2. The van der Waals surface area contributed by atoms with Gasteiger partial charge < -0.3 is 0 Å². The lowest BCUT2D eigenvalue weighted by atomic mass is 10.1. The number of benzene rings is 1. The first kappa shape index (κ1) is 12.0. The molecule has 2 aromatic rings. The predicted molar refractivity (Wildman–Crippen MR) is 71.1 cm³/mol. The van der Waals surface area contributed by atoms with E-state index in [1.165, 1.54) is 0 Å². The van der Waals surface area contributed by atoms with E-state index in [4.69, 9.17) is 23.2 Å². The van der Waals surface area contributed by atoms with Gasteiger partial charge in [-0.2, -0.15) is 5.10 Å². The molecular weight excluding hydrogens is 311 g/mol. The van der Waals surface area contributed by atoms with Crippen molar-refractivity contribution in [3.63, 3.8) is 0 Å². The largest absolute Gasteiger partial charge is 0.281 e. The number of nitrogens with zero attached hydrogens (tertiary/aromatic N) is 1. The maximum absolute atomic E-state index is 6.13. The lowest BCUT2D eigenvalue weighted by Gasteiger charge is -2.02. The average molecular weight is 320 g/mol. The molecule has 0 saturated carbocycles. The van der Waals surface area contributed by atoms with Crippen LogP contribution < -0.4 is 0 Å². The lowest BCUT2D eigenvalue weighted by molar-refractivity contribution is 0.973. The average Bonchev–Trinajstić information content (AvgIpc) is 2.60. The quantitative estimate of drug-likeness (QED) is 0.853. The second kappa shape index (κ2) is 4.78. The zero-order chi connectivity index (χ0) is 11.7. The molecular formula is C11H9BrCl2N2. The third-order valence-corrected chi connectivity index (χ3v) is 3.72. The summed E-state index contributed by atoms with van der Waals surface area (Å²) < 4.78 is 0.958. The zero-order valence-corrected chi connectivity index (χ0v) is 11.6. The van der Waals surface area contributed by atoms with Crippen molar-refractivity contribution >= 4 is 39.1 Å². The number of aromatic amines is 1. The van der Waals surface area contributed by atoms with Crippen molar-refractivity contribution in [2.75, 3.05) is 0 Å². The molecule has 0 atom stereocenters. The summed E-state index contributed by atoms with van der Waals surface area (Å²) in [5.74, 6) is 0. The van der Waals surface area contributed by atoms with E-state index in [0.717, 1.165) is 27.8 Å². The summed E-state index contributed by atoms with van der Waals surface area (Å²) in [5, 5.41) is 8.44. The topological polar surface area (TPSA) is 28.7 Å². The fraction of sp³-hybridized carbons (Fsp3) is 0.182. The highest BCUT2D eigenvalue weighted by molar-refractivity contribution is 9.10. The Labute approximate surface area is 112 Å². The van der Waals surface area contributed by atoms with Crippen molar-refractivity contribution < 1.29 is 0 Å². The number of rotatable bonds is 2. The fourth-order valence-corrected chi connectivity index (χ4v) is 2.63. The van der Waals surface area contributed by atoms with Crippen LogP contribution in [0.2, 0.25) is 10.0 Å². The van der Waals surface area contributed by atoms with Crippen LogP contribution >= 0.6 is 39.1 Å². The Balaban J connectivity index is 2.54. The van der Waals surface area contributed by atoms with Crippen LogP contribution in [0.1, 0.15) is 12.6 Å². The number of aryl methyl sites for hydroxylation is 1. The Morgan fingerprint density at radius 2 is 2.12 bits per heavy atom. The van der Waals surface area contributed by atoms with Gasteiger partial charge in [-0.1, -0.05) is 30.1 Å². The molecule has 0 radical (unpaired) electrons. The third kappa shape index (κ3) is 2.12. The van der Waals surface area contributed by atoms with Crippen molar-refractivity contribution in [2.24, 2.45) is 0 Å². The summed E-state index contributed by atoms with van der Waals surface area (Å²) >= 11 is 15.5. The van der Waals surface area contributed by atoms with Crippen molar-refractivity contribution in [2.45, 2.75) is 13.3 Å².